The number of halogens is 1. The number of aromatic hydroxyl groups is 1. The van der Waals surface area contributed by atoms with Crippen LogP contribution in [-0.2, 0) is 10.3 Å². The third kappa shape index (κ3) is 6.07. The number of imidazole rings is 1. The minimum Gasteiger partial charge on any atom is -0.508 e. The highest BCUT2D eigenvalue weighted by Gasteiger charge is 2.26. The zero-order valence-electron chi connectivity index (χ0n) is 18.4. The quantitative estimate of drug-likeness (QED) is 0.498. The van der Waals surface area contributed by atoms with Crippen LogP contribution in [0.2, 0.25) is 0 Å². The van der Waals surface area contributed by atoms with E-state index < -0.39 is 10.3 Å². The van der Waals surface area contributed by atoms with Gasteiger partial charge in [-0.3, -0.25) is 4.57 Å². The second kappa shape index (κ2) is 10.5. The maximum atomic E-state index is 13.0. The number of anilines is 1. The van der Waals surface area contributed by atoms with Gasteiger partial charge in [-0.05, 0) is 49.2 Å². The second-order valence-corrected chi connectivity index (χ2v) is 9.05. The molecule has 12 heteroatoms. The Bertz CT molecular complexity index is 1240. The van der Waals surface area contributed by atoms with Gasteiger partial charge in [-0.2, -0.15) is 13.6 Å². The third-order valence-corrected chi connectivity index (χ3v) is 6.10. The smallest absolute Gasteiger partial charge is 0.380 e. The summed E-state index contributed by atoms with van der Waals surface area (Å²) in [6.45, 7) is 1.61. The Labute approximate surface area is 208 Å². The summed E-state index contributed by atoms with van der Waals surface area (Å²) >= 11 is 0. The predicted octanol–water partition coefficient (Wildman–Crippen LogP) is 2.98. The van der Waals surface area contributed by atoms with Gasteiger partial charge in [-0.15, -0.1) is 17.0 Å². The van der Waals surface area contributed by atoms with Crippen LogP contribution in [0.5, 0.6) is 11.5 Å². The Morgan fingerprint density at radius 1 is 1.18 bits per heavy atom. The number of phenols is 1. The molecule has 0 saturated carbocycles. The van der Waals surface area contributed by atoms with E-state index in [0.717, 1.165) is 31.6 Å². The molecule has 1 aliphatic rings. The van der Waals surface area contributed by atoms with Crippen molar-refractivity contribution in [1.82, 2.24) is 14.5 Å². The Hall–Kier alpha value is -3.09. The summed E-state index contributed by atoms with van der Waals surface area (Å²) in [5, 5.41) is 14.4. The average Bonchev–Trinajstić information content (AvgIpc) is 3.28. The number of piperidine rings is 1. The van der Waals surface area contributed by atoms with Crippen molar-refractivity contribution in [2.24, 2.45) is 5.14 Å². The fourth-order valence-corrected chi connectivity index (χ4v) is 4.30. The second-order valence-electron chi connectivity index (χ2n) is 7.90. The van der Waals surface area contributed by atoms with Gasteiger partial charge in [0.15, 0.2) is 0 Å². The number of benzene rings is 2. The van der Waals surface area contributed by atoms with E-state index in [9.17, 15) is 18.3 Å². The van der Waals surface area contributed by atoms with Gasteiger partial charge in [0.2, 0.25) is 0 Å². The van der Waals surface area contributed by atoms with Gasteiger partial charge < -0.3 is 19.1 Å². The van der Waals surface area contributed by atoms with Crippen LogP contribution in [0, 0.1) is 0 Å². The van der Waals surface area contributed by atoms with Crippen molar-refractivity contribution < 1.29 is 22.5 Å². The number of carbonyl (C=O) groups excluding carboxylic acids is 1. The van der Waals surface area contributed by atoms with Gasteiger partial charge in [-0.1, -0.05) is 12.1 Å². The number of nitrogens with two attached hydrogens (primary N) is 1. The van der Waals surface area contributed by atoms with Crippen molar-refractivity contribution >= 4 is 39.0 Å². The lowest BCUT2D eigenvalue weighted by Crippen LogP contribution is -2.46. The number of amides is 1. The first-order chi connectivity index (χ1) is 15.7. The van der Waals surface area contributed by atoms with Gasteiger partial charge in [-0.25, -0.2) is 9.78 Å². The number of nitrogens with zero attached hydrogens (tertiary/aromatic N) is 4. The number of carbonyl (C=O) groups is 1. The number of phenolic OH excluding ortho intramolecular Hbond substituents is 1. The van der Waals surface area contributed by atoms with Crippen LogP contribution in [0.3, 0.4) is 0 Å². The molecule has 0 unspecified atom stereocenters. The summed E-state index contributed by atoms with van der Waals surface area (Å²) in [5.74, 6) is 0.302. The minimum atomic E-state index is -4.13. The summed E-state index contributed by atoms with van der Waals surface area (Å²) < 4.78 is 28.4. The maximum absolute atomic E-state index is 13.0. The van der Waals surface area contributed by atoms with Crippen molar-refractivity contribution in [3.63, 3.8) is 0 Å². The van der Waals surface area contributed by atoms with Gasteiger partial charge >= 0.3 is 16.3 Å². The monoisotopic (exact) mass is 551 g/mol. The van der Waals surface area contributed by atoms with Crippen LogP contribution in [0.4, 0.5) is 10.5 Å². The number of aromatic nitrogens is 2. The lowest BCUT2D eigenvalue weighted by Gasteiger charge is -2.37. The summed E-state index contributed by atoms with van der Waals surface area (Å²) in [5.41, 5.74) is 2.14. The summed E-state index contributed by atoms with van der Waals surface area (Å²) in [6.07, 6.45) is 4.67. The van der Waals surface area contributed by atoms with E-state index in [2.05, 4.69) is 9.88 Å². The van der Waals surface area contributed by atoms with Gasteiger partial charge in [0.25, 0.3) is 0 Å². The van der Waals surface area contributed by atoms with E-state index in [1.54, 1.807) is 42.4 Å². The Kier molecular flexibility index (Phi) is 7.85. The topological polar surface area (TPSA) is 131 Å². The van der Waals surface area contributed by atoms with Crippen LogP contribution in [0.25, 0.3) is 11.3 Å². The van der Waals surface area contributed by atoms with Crippen LogP contribution >= 0.6 is 17.0 Å². The molecule has 182 valence electrons. The molecule has 3 aromatic rings. The molecule has 0 aliphatic carbocycles. The van der Waals surface area contributed by atoms with Gasteiger partial charge in [0.05, 0.1) is 5.69 Å². The number of hydrogen-bond acceptors (Lipinski definition) is 7. The van der Waals surface area contributed by atoms with E-state index in [1.807, 2.05) is 12.1 Å². The third-order valence-electron chi connectivity index (χ3n) is 5.67. The first kappa shape index (κ1) is 25.5. The molecule has 0 spiro atoms. The highest BCUT2D eigenvalue weighted by Crippen LogP contribution is 2.26. The Morgan fingerprint density at radius 2 is 1.85 bits per heavy atom. The minimum absolute atomic E-state index is 0. The molecule has 10 nitrogen and oxygen atoms in total. The molecule has 1 aliphatic heterocycles. The van der Waals surface area contributed by atoms with E-state index in [4.69, 9.17) is 9.32 Å². The van der Waals surface area contributed by atoms with Crippen LogP contribution in [0.15, 0.2) is 61.1 Å². The molecule has 3 N–H and O–H groups in total. The Balaban J connectivity index is 0.00000324. The average molecular weight is 552 g/mol. The zero-order valence-corrected chi connectivity index (χ0v) is 21.0. The molecule has 1 fully saturated rings. The maximum Gasteiger partial charge on any atom is 0.380 e. The van der Waals surface area contributed by atoms with Crippen molar-refractivity contribution in [3.05, 3.63) is 61.1 Å². The van der Waals surface area contributed by atoms with E-state index in [1.165, 1.54) is 23.0 Å². The molecule has 0 radical (unpaired) electrons. The molecule has 1 saturated heterocycles. The molecule has 0 bridgehead atoms. The molecule has 4 rings (SSSR count). The zero-order chi connectivity index (χ0) is 23.6. The fourth-order valence-electron chi connectivity index (χ4n) is 3.93. The van der Waals surface area contributed by atoms with Crippen molar-refractivity contribution in [2.45, 2.75) is 18.9 Å². The normalized spacial score (nSPS) is 14.4. The lowest BCUT2D eigenvalue weighted by molar-refractivity contribution is 0.181. The van der Waals surface area contributed by atoms with Gasteiger partial charge in [0, 0.05) is 43.6 Å². The molecule has 1 amide bonds. The first-order valence-electron chi connectivity index (χ1n) is 10.4. The molecule has 2 aromatic carbocycles. The van der Waals surface area contributed by atoms with E-state index in [0.29, 0.717) is 11.3 Å². The standard InChI is InChI=1S/C22H25N5O5S.BrH/c1-25(17-9-11-26(12-10-17)18-5-7-19(28)8-6-18)22(29)27-14-21(24-15-27)16-3-2-4-20(13-16)32-33(23,30)31;/h2-8,13-15,17,28H,9-12H2,1H3,(H2,23,30,31);1H. The lowest BCUT2D eigenvalue weighted by atomic mass is 10.0. The SMILES string of the molecule is Br.CN(C(=O)n1cnc(-c2cccc(OS(N)(=O)=O)c2)c1)C1CCN(c2ccc(O)cc2)CC1. The predicted molar refractivity (Wildman–Crippen MR) is 134 cm³/mol. The molecule has 0 atom stereocenters. The molecular formula is C22H26BrN5O5S. The van der Waals surface area contributed by atoms with Crippen molar-refractivity contribution in [1.29, 1.82) is 0 Å². The van der Waals surface area contributed by atoms with Gasteiger partial charge in [0.1, 0.15) is 17.8 Å². The van der Waals surface area contributed by atoms with Crippen LogP contribution in [0.1, 0.15) is 12.8 Å². The number of rotatable bonds is 5. The molecule has 2 heterocycles. The largest absolute Gasteiger partial charge is 0.508 e. The van der Waals surface area contributed by atoms with E-state index >= 15 is 0 Å². The highest BCUT2D eigenvalue weighted by molar-refractivity contribution is 8.93. The van der Waals surface area contributed by atoms with Crippen molar-refractivity contribution in [3.8, 4) is 22.8 Å². The summed E-state index contributed by atoms with van der Waals surface area (Å²) in [6, 6.07) is 13.3. The summed E-state index contributed by atoms with van der Waals surface area (Å²) in [4.78, 5) is 21.3. The molecule has 34 heavy (non-hydrogen) atoms. The van der Waals surface area contributed by atoms with Crippen molar-refractivity contribution in [2.75, 3.05) is 25.0 Å². The summed E-state index contributed by atoms with van der Waals surface area (Å²) in [7, 11) is -2.35. The molecular weight excluding hydrogens is 526 g/mol. The van der Waals surface area contributed by atoms with E-state index in [-0.39, 0.29) is 40.6 Å². The first-order valence-corrected chi connectivity index (χ1v) is 11.8. The molecule has 1 aromatic heterocycles. The van der Waals surface area contributed by atoms with Crippen LogP contribution in [-0.4, -0.2) is 60.2 Å². The highest BCUT2D eigenvalue weighted by atomic mass is 79.9. The number of hydrogen-bond donors (Lipinski definition) is 2. The van der Waals surface area contributed by atoms with Crippen LogP contribution < -0.4 is 14.2 Å². The Morgan fingerprint density at radius 3 is 2.50 bits per heavy atom. The fraction of sp³-hybridized carbons (Fsp3) is 0.273.